The molecule has 0 saturated carbocycles. The molecule has 2 heterocycles. The van der Waals surface area contributed by atoms with Gasteiger partial charge in [0, 0.05) is 0 Å². The van der Waals surface area contributed by atoms with Gasteiger partial charge in [-0.3, -0.25) is 10.1 Å². The van der Waals surface area contributed by atoms with Crippen LogP contribution in [0.2, 0.25) is 0 Å². The summed E-state index contributed by atoms with van der Waals surface area (Å²) in [5.74, 6) is -0.778. The highest BCUT2D eigenvalue weighted by Crippen LogP contribution is 2.30. The van der Waals surface area contributed by atoms with Crippen molar-refractivity contribution in [2.45, 2.75) is 30.1 Å². The Labute approximate surface area is 101 Å². The number of hydrogen-bond donors (Lipinski definition) is 6. The summed E-state index contributed by atoms with van der Waals surface area (Å²) in [6, 6.07) is 0. The number of aliphatic hydroxyl groups is 4. The van der Waals surface area contributed by atoms with Crippen LogP contribution in [-0.2, 0) is 9.53 Å². The number of thiocarbonyl (C=S) groups is 1. The molecular weight excluding hydrogens is 252 g/mol. The summed E-state index contributed by atoms with van der Waals surface area (Å²) in [6.45, 7) is -0.617. The third kappa shape index (κ3) is 1.71. The largest absolute Gasteiger partial charge is 0.394 e. The van der Waals surface area contributed by atoms with Crippen LogP contribution in [0.25, 0.3) is 0 Å². The Bertz CT molecular complexity index is 364. The van der Waals surface area contributed by atoms with Crippen LogP contribution in [0.1, 0.15) is 0 Å². The summed E-state index contributed by atoms with van der Waals surface area (Å²) < 4.78 is 5.14. The lowest BCUT2D eigenvalue weighted by molar-refractivity contribution is -0.267. The van der Waals surface area contributed by atoms with Crippen LogP contribution in [0.4, 0.5) is 0 Å². The van der Waals surface area contributed by atoms with E-state index in [0.29, 0.717) is 0 Å². The summed E-state index contributed by atoms with van der Waals surface area (Å²) in [4.78, 5) is 11.7. The second-order valence-electron chi connectivity index (χ2n) is 3.91. The fourth-order valence-corrected chi connectivity index (χ4v) is 2.16. The van der Waals surface area contributed by atoms with Gasteiger partial charge in [-0.2, -0.15) is 0 Å². The summed E-state index contributed by atoms with van der Waals surface area (Å²) in [6.07, 6.45) is -6.04. The summed E-state index contributed by atoms with van der Waals surface area (Å²) in [7, 11) is 0. The number of nitrogens with one attached hydrogen (secondary N) is 2. The molecule has 2 aliphatic rings. The maximum Gasteiger partial charge on any atom is 0.282 e. The third-order valence-electron chi connectivity index (χ3n) is 2.85. The molecule has 0 aromatic carbocycles. The number of ether oxygens (including phenoxy) is 1. The summed E-state index contributed by atoms with van der Waals surface area (Å²) in [5.41, 5.74) is -1.97. The van der Waals surface area contributed by atoms with Crippen LogP contribution in [-0.4, -0.2) is 68.2 Å². The van der Waals surface area contributed by atoms with Gasteiger partial charge in [0.05, 0.1) is 6.61 Å². The van der Waals surface area contributed by atoms with Gasteiger partial charge in [0.2, 0.25) is 0 Å². The average molecular weight is 264 g/mol. The molecule has 0 bridgehead atoms. The van der Waals surface area contributed by atoms with E-state index in [1.54, 1.807) is 0 Å². The van der Waals surface area contributed by atoms with Gasteiger partial charge in [0.25, 0.3) is 11.6 Å². The predicted octanol–water partition coefficient (Wildman–Crippen LogP) is -3.84. The number of hydrogen-bond acceptors (Lipinski definition) is 7. The minimum atomic E-state index is -1.97. The Kier molecular flexibility index (Phi) is 3.06. The van der Waals surface area contributed by atoms with Gasteiger partial charge in [0.15, 0.2) is 5.11 Å². The molecule has 2 aliphatic heterocycles. The van der Waals surface area contributed by atoms with Crippen molar-refractivity contribution in [3.8, 4) is 0 Å². The molecule has 96 valence electrons. The Morgan fingerprint density at radius 2 is 2.00 bits per heavy atom. The Balaban J connectivity index is 2.34. The van der Waals surface area contributed by atoms with Crippen LogP contribution in [0.5, 0.6) is 0 Å². The molecule has 1 spiro atoms. The number of carbonyl (C=O) groups is 1. The third-order valence-corrected chi connectivity index (χ3v) is 3.06. The van der Waals surface area contributed by atoms with Crippen molar-refractivity contribution in [2.75, 3.05) is 6.61 Å². The maximum absolute atomic E-state index is 11.7. The molecule has 2 rings (SSSR count). The van der Waals surface area contributed by atoms with Crippen molar-refractivity contribution in [1.82, 2.24) is 10.6 Å². The first kappa shape index (κ1) is 12.6. The normalized spacial score (nSPS) is 45.9. The van der Waals surface area contributed by atoms with E-state index in [4.69, 9.17) is 22.1 Å². The smallest absolute Gasteiger partial charge is 0.282 e. The molecule has 0 aromatic rings. The van der Waals surface area contributed by atoms with Crippen molar-refractivity contribution in [3.63, 3.8) is 0 Å². The van der Waals surface area contributed by atoms with Gasteiger partial charge < -0.3 is 30.5 Å². The summed E-state index contributed by atoms with van der Waals surface area (Å²) in [5, 5.41) is 42.5. The van der Waals surface area contributed by atoms with E-state index in [1.165, 1.54) is 0 Å². The van der Waals surface area contributed by atoms with Gasteiger partial charge in [-0.1, -0.05) is 0 Å². The molecule has 2 fully saturated rings. The van der Waals surface area contributed by atoms with E-state index in [0.717, 1.165) is 0 Å². The van der Waals surface area contributed by atoms with E-state index in [2.05, 4.69) is 10.6 Å². The molecule has 5 atom stereocenters. The monoisotopic (exact) mass is 264 g/mol. The molecule has 9 heteroatoms. The van der Waals surface area contributed by atoms with Gasteiger partial charge in [0.1, 0.15) is 24.4 Å². The standard InChI is InChI=1S/C8H12N2O6S/c11-1-2-3(12)4(13)5(14)8(16-2)6(15)9-7(17)10-8/h2-5,11-14H,1H2,(H2,9,10,15,17)/t2-,3-,4+,5?,8?/m1/s1. The van der Waals surface area contributed by atoms with Crippen LogP contribution in [0.15, 0.2) is 0 Å². The molecule has 0 aromatic heterocycles. The van der Waals surface area contributed by atoms with Gasteiger partial charge >= 0.3 is 0 Å². The average Bonchev–Trinajstić information content (AvgIpc) is 2.57. The Morgan fingerprint density at radius 3 is 2.47 bits per heavy atom. The van der Waals surface area contributed by atoms with Crippen molar-refractivity contribution in [1.29, 1.82) is 0 Å². The quantitative estimate of drug-likeness (QED) is 0.265. The topological polar surface area (TPSA) is 131 Å². The lowest BCUT2D eigenvalue weighted by atomic mass is 9.90. The molecule has 8 nitrogen and oxygen atoms in total. The van der Waals surface area contributed by atoms with Crippen LogP contribution in [0.3, 0.4) is 0 Å². The zero-order valence-electron chi connectivity index (χ0n) is 8.53. The first-order chi connectivity index (χ1) is 7.92. The van der Waals surface area contributed by atoms with Crippen molar-refractivity contribution in [3.05, 3.63) is 0 Å². The van der Waals surface area contributed by atoms with Crippen molar-refractivity contribution in [2.24, 2.45) is 0 Å². The molecule has 2 unspecified atom stereocenters. The van der Waals surface area contributed by atoms with Gasteiger partial charge in [-0.15, -0.1) is 0 Å². The lowest BCUT2D eigenvalue weighted by Crippen LogP contribution is -2.71. The number of carbonyl (C=O) groups excluding carboxylic acids is 1. The SMILES string of the molecule is O=C1NC(=S)NC12O[C@H](CO)[C@@H](O)[C@H](O)C2O. The first-order valence-electron chi connectivity index (χ1n) is 4.89. The minimum absolute atomic E-state index is 0.0608. The fourth-order valence-electron chi connectivity index (χ4n) is 1.91. The fraction of sp³-hybridized carbons (Fsp3) is 0.750. The van der Waals surface area contributed by atoms with Crippen molar-refractivity contribution >= 4 is 23.2 Å². The van der Waals surface area contributed by atoms with E-state index in [9.17, 15) is 20.1 Å². The van der Waals surface area contributed by atoms with E-state index >= 15 is 0 Å². The second kappa shape index (κ2) is 4.12. The van der Waals surface area contributed by atoms with Gasteiger partial charge in [-0.05, 0) is 12.2 Å². The highest BCUT2D eigenvalue weighted by atomic mass is 32.1. The van der Waals surface area contributed by atoms with E-state index in [1.807, 2.05) is 0 Å². The lowest BCUT2D eigenvalue weighted by Gasteiger charge is -2.44. The predicted molar refractivity (Wildman–Crippen MR) is 56.6 cm³/mol. The Hall–Kier alpha value is -0.840. The molecule has 0 aliphatic carbocycles. The molecule has 17 heavy (non-hydrogen) atoms. The number of rotatable bonds is 1. The Morgan fingerprint density at radius 1 is 1.35 bits per heavy atom. The van der Waals surface area contributed by atoms with E-state index in [-0.39, 0.29) is 5.11 Å². The highest BCUT2D eigenvalue weighted by Gasteiger charge is 2.61. The molecule has 0 radical (unpaired) electrons. The number of aliphatic hydroxyl groups excluding tert-OH is 4. The molecule has 2 saturated heterocycles. The maximum atomic E-state index is 11.7. The van der Waals surface area contributed by atoms with Crippen LogP contribution < -0.4 is 10.6 Å². The van der Waals surface area contributed by atoms with Gasteiger partial charge in [-0.25, -0.2) is 0 Å². The molecule has 1 amide bonds. The van der Waals surface area contributed by atoms with Crippen LogP contribution >= 0.6 is 12.2 Å². The van der Waals surface area contributed by atoms with E-state index < -0.39 is 42.7 Å². The minimum Gasteiger partial charge on any atom is -0.394 e. The second-order valence-corrected chi connectivity index (χ2v) is 4.32. The number of amides is 1. The zero-order valence-corrected chi connectivity index (χ0v) is 9.35. The highest BCUT2D eigenvalue weighted by molar-refractivity contribution is 7.80. The summed E-state index contributed by atoms with van der Waals surface area (Å²) >= 11 is 4.70. The van der Waals surface area contributed by atoms with Crippen LogP contribution in [0, 0.1) is 0 Å². The first-order valence-corrected chi connectivity index (χ1v) is 5.29. The molecule has 6 N–H and O–H groups in total. The zero-order chi connectivity index (χ0) is 12.8. The molecular formula is C8H12N2O6S. The van der Waals surface area contributed by atoms with Crippen molar-refractivity contribution < 1.29 is 30.0 Å².